The fourth-order valence-corrected chi connectivity index (χ4v) is 3.63. The van der Waals surface area contributed by atoms with Gasteiger partial charge in [-0.05, 0) is 20.8 Å². The van der Waals surface area contributed by atoms with Crippen LogP contribution in [0.4, 0.5) is 4.79 Å². The number of piperazine rings is 1. The Morgan fingerprint density at radius 1 is 0.964 bits per heavy atom. The van der Waals surface area contributed by atoms with Gasteiger partial charge in [0.2, 0.25) is 5.91 Å². The van der Waals surface area contributed by atoms with Gasteiger partial charge in [-0.25, -0.2) is 4.79 Å². The summed E-state index contributed by atoms with van der Waals surface area (Å²) >= 11 is 0. The molecular formula is C19H29N5O4. The van der Waals surface area contributed by atoms with Crippen molar-refractivity contribution in [1.82, 2.24) is 24.5 Å². The van der Waals surface area contributed by atoms with Crippen LogP contribution < -0.4 is 0 Å². The molecule has 0 aromatic carbocycles. The number of carbonyl (C=O) groups excluding carboxylic acids is 3. The Morgan fingerprint density at radius 2 is 1.57 bits per heavy atom. The number of amides is 3. The van der Waals surface area contributed by atoms with Gasteiger partial charge in [-0.15, -0.1) is 0 Å². The molecule has 0 atom stereocenters. The molecule has 0 bridgehead atoms. The minimum atomic E-state index is -0.568. The number of carbonyl (C=O) groups is 3. The summed E-state index contributed by atoms with van der Waals surface area (Å²) < 4.78 is 7.09. The van der Waals surface area contributed by atoms with Crippen LogP contribution in [0.2, 0.25) is 0 Å². The van der Waals surface area contributed by atoms with Crippen LogP contribution in [0.3, 0.4) is 0 Å². The quantitative estimate of drug-likeness (QED) is 0.713. The zero-order valence-corrected chi connectivity index (χ0v) is 17.3. The molecule has 1 fully saturated rings. The second-order valence-corrected chi connectivity index (χ2v) is 8.35. The van der Waals surface area contributed by atoms with Crippen molar-refractivity contribution in [2.75, 3.05) is 32.7 Å². The summed E-state index contributed by atoms with van der Waals surface area (Å²) in [7, 11) is 1.76. The lowest BCUT2D eigenvalue weighted by molar-refractivity contribution is -0.130. The van der Waals surface area contributed by atoms with E-state index in [0.29, 0.717) is 51.4 Å². The molecular weight excluding hydrogens is 362 g/mol. The van der Waals surface area contributed by atoms with Gasteiger partial charge in [0.05, 0.1) is 12.2 Å². The van der Waals surface area contributed by atoms with Gasteiger partial charge in [-0.2, -0.15) is 5.10 Å². The van der Waals surface area contributed by atoms with E-state index in [1.807, 2.05) is 20.8 Å². The number of hydrogen-bond donors (Lipinski definition) is 0. The first-order valence-electron chi connectivity index (χ1n) is 9.64. The minimum Gasteiger partial charge on any atom is -0.444 e. The van der Waals surface area contributed by atoms with E-state index >= 15 is 0 Å². The van der Waals surface area contributed by atoms with Crippen molar-refractivity contribution in [3.05, 3.63) is 17.0 Å². The summed E-state index contributed by atoms with van der Waals surface area (Å²) in [5, 5.41) is 4.50. The van der Waals surface area contributed by atoms with Crippen LogP contribution in [0, 0.1) is 0 Å². The van der Waals surface area contributed by atoms with Crippen LogP contribution in [0.25, 0.3) is 0 Å². The number of ether oxygens (including phenoxy) is 1. The van der Waals surface area contributed by atoms with Gasteiger partial charge in [0.15, 0.2) is 0 Å². The molecule has 3 rings (SSSR count). The molecule has 0 radical (unpaired) electrons. The number of fused-ring (bicyclic) bond motifs is 1. The molecule has 28 heavy (non-hydrogen) atoms. The van der Waals surface area contributed by atoms with E-state index in [4.69, 9.17) is 4.74 Å². The van der Waals surface area contributed by atoms with Crippen LogP contribution in [-0.2, 0) is 29.5 Å². The molecule has 0 aliphatic carbocycles. The fourth-order valence-electron chi connectivity index (χ4n) is 3.63. The van der Waals surface area contributed by atoms with E-state index < -0.39 is 5.60 Å². The summed E-state index contributed by atoms with van der Waals surface area (Å²) in [5.41, 5.74) is 1.59. The number of aromatic nitrogens is 2. The van der Waals surface area contributed by atoms with E-state index in [9.17, 15) is 14.4 Å². The monoisotopic (exact) mass is 391 g/mol. The summed E-state index contributed by atoms with van der Waals surface area (Å²) in [4.78, 5) is 42.2. The van der Waals surface area contributed by atoms with Gasteiger partial charge in [-0.3, -0.25) is 14.3 Å². The molecule has 154 valence electrons. The van der Waals surface area contributed by atoms with Crippen LogP contribution in [0.15, 0.2) is 0 Å². The third kappa shape index (κ3) is 4.13. The lowest BCUT2D eigenvalue weighted by Gasteiger charge is -2.34. The van der Waals surface area contributed by atoms with Crippen molar-refractivity contribution < 1.29 is 19.1 Å². The Balaban J connectivity index is 1.76. The predicted octanol–water partition coefficient (Wildman–Crippen LogP) is 1.02. The number of rotatable bonds is 1. The van der Waals surface area contributed by atoms with Crippen molar-refractivity contribution in [3.63, 3.8) is 0 Å². The van der Waals surface area contributed by atoms with Crippen molar-refractivity contribution >= 4 is 17.9 Å². The second-order valence-electron chi connectivity index (χ2n) is 8.35. The highest BCUT2D eigenvalue weighted by Crippen LogP contribution is 2.25. The van der Waals surface area contributed by atoms with Crippen molar-refractivity contribution in [2.45, 2.75) is 46.3 Å². The number of hydrogen-bond acceptors (Lipinski definition) is 5. The van der Waals surface area contributed by atoms with Crippen LogP contribution >= 0.6 is 0 Å². The Morgan fingerprint density at radius 3 is 2.14 bits per heavy atom. The molecule has 1 saturated heterocycles. The Bertz CT molecular complexity index is 787. The number of aryl methyl sites for hydroxylation is 1. The van der Waals surface area contributed by atoms with Crippen LogP contribution in [0.1, 0.15) is 49.4 Å². The summed E-state index contributed by atoms with van der Waals surface area (Å²) in [5.74, 6) is -0.0801. The van der Waals surface area contributed by atoms with Gasteiger partial charge in [0, 0.05) is 58.7 Å². The molecule has 0 unspecified atom stereocenters. The first-order valence-corrected chi connectivity index (χ1v) is 9.64. The fraction of sp³-hybridized carbons (Fsp3) is 0.684. The number of nitrogens with zero attached hydrogens (tertiary/aromatic N) is 5. The minimum absolute atomic E-state index is 0.0259. The summed E-state index contributed by atoms with van der Waals surface area (Å²) in [6.07, 6.45) is 0.212. The van der Waals surface area contributed by atoms with E-state index in [0.717, 1.165) is 11.3 Å². The average molecular weight is 391 g/mol. The van der Waals surface area contributed by atoms with Crippen molar-refractivity contribution in [1.29, 1.82) is 0 Å². The summed E-state index contributed by atoms with van der Waals surface area (Å²) in [6, 6.07) is 0. The molecule has 3 heterocycles. The van der Waals surface area contributed by atoms with Crippen LogP contribution in [-0.4, -0.2) is 80.7 Å². The maximum Gasteiger partial charge on any atom is 0.410 e. The highest BCUT2D eigenvalue weighted by molar-refractivity contribution is 5.94. The Hall–Kier alpha value is -2.58. The molecule has 9 heteroatoms. The molecule has 1 aromatic heterocycles. The Labute approximate surface area is 165 Å². The van der Waals surface area contributed by atoms with E-state index in [1.165, 1.54) is 0 Å². The lowest BCUT2D eigenvalue weighted by atomic mass is 10.0. The highest BCUT2D eigenvalue weighted by atomic mass is 16.6. The normalized spacial score (nSPS) is 17.4. The molecule has 3 amide bonds. The molecule has 1 aromatic rings. The zero-order valence-electron chi connectivity index (χ0n) is 17.3. The maximum atomic E-state index is 13.2. The van der Waals surface area contributed by atoms with Gasteiger partial charge in [-0.1, -0.05) is 0 Å². The standard InChI is InChI=1S/C19H29N5O4/c1-13(25)22-8-10-23(11-9-22)17(26)16-14-12-24(18(27)28-19(2,3)4)7-6-15(14)20-21(16)5/h6-12H2,1-5H3. The van der Waals surface area contributed by atoms with Gasteiger partial charge >= 0.3 is 6.09 Å². The molecule has 0 N–H and O–H groups in total. The van der Waals surface area contributed by atoms with Crippen molar-refractivity contribution in [2.24, 2.45) is 7.05 Å². The third-order valence-corrected chi connectivity index (χ3v) is 5.06. The molecule has 2 aliphatic rings. The van der Waals surface area contributed by atoms with Crippen molar-refractivity contribution in [3.8, 4) is 0 Å². The predicted molar refractivity (Wildman–Crippen MR) is 102 cm³/mol. The second kappa shape index (κ2) is 7.44. The lowest BCUT2D eigenvalue weighted by Crippen LogP contribution is -2.50. The summed E-state index contributed by atoms with van der Waals surface area (Å²) in [6.45, 7) is 9.93. The van der Waals surface area contributed by atoms with E-state index in [1.54, 1.807) is 33.4 Å². The van der Waals surface area contributed by atoms with Gasteiger partial charge in [0.1, 0.15) is 11.3 Å². The van der Waals surface area contributed by atoms with E-state index in [-0.39, 0.29) is 17.9 Å². The average Bonchev–Trinajstić information content (AvgIpc) is 2.94. The van der Waals surface area contributed by atoms with Gasteiger partial charge in [0.25, 0.3) is 5.91 Å². The highest BCUT2D eigenvalue weighted by Gasteiger charge is 2.34. The Kier molecular flexibility index (Phi) is 5.36. The largest absolute Gasteiger partial charge is 0.444 e. The van der Waals surface area contributed by atoms with Gasteiger partial charge < -0.3 is 19.4 Å². The smallest absolute Gasteiger partial charge is 0.410 e. The molecule has 9 nitrogen and oxygen atoms in total. The molecule has 0 saturated carbocycles. The first-order chi connectivity index (χ1) is 13.1. The van der Waals surface area contributed by atoms with Crippen LogP contribution in [0.5, 0.6) is 0 Å². The first kappa shape index (κ1) is 20.2. The SMILES string of the molecule is CC(=O)N1CCN(C(=O)c2c3c(nn2C)CCN(C(=O)OC(C)(C)C)C3)CC1. The molecule has 2 aliphatic heterocycles. The van der Waals surface area contributed by atoms with E-state index in [2.05, 4.69) is 5.10 Å². The zero-order chi connectivity index (χ0) is 20.6. The third-order valence-electron chi connectivity index (χ3n) is 5.06. The molecule has 0 spiro atoms. The topological polar surface area (TPSA) is 88.0 Å². The maximum absolute atomic E-state index is 13.2.